The topological polar surface area (TPSA) is 90.5 Å². The van der Waals surface area contributed by atoms with Gasteiger partial charge in [0.2, 0.25) is 5.91 Å². The average molecular weight is 308 g/mol. The summed E-state index contributed by atoms with van der Waals surface area (Å²) in [4.78, 5) is 38.3. The van der Waals surface area contributed by atoms with E-state index in [-0.39, 0.29) is 17.9 Å². The van der Waals surface area contributed by atoms with E-state index in [9.17, 15) is 14.4 Å². The van der Waals surface area contributed by atoms with Gasteiger partial charge in [0.15, 0.2) is 0 Å². The summed E-state index contributed by atoms with van der Waals surface area (Å²) in [6.07, 6.45) is 5.17. The minimum Gasteiger partial charge on any atom is -0.350 e. The predicted molar refractivity (Wildman–Crippen MR) is 80.1 cm³/mol. The predicted octanol–water partition coefficient (Wildman–Crippen LogP) is 0.108. The number of rotatable bonds is 3. The van der Waals surface area contributed by atoms with Gasteiger partial charge >= 0.3 is 6.03 Å². The monoisotopic (exact) mass is 308 g/mol. The number of amides is 4. The lowest BCUT2D eigenvalue weighted by Gasteiger charge is -2.28. The van der Waals surface area contributed by atoms with Gasteiger partial charge in [-0.25, -0.2) is 9.69 Å². The molecule has 3 rings (SSSR count). The molecule has 0 aromatic carbocycles. The smallest absolute Gasteiger partial charge is 0.325 e. The van der Waals surface area contributed by atoms with Gasteiger partial charge in [-0.2, -0.15) is 0 Å². The molecule has 7 heteroatoms. The Morgan fingerprint density at radius 1 is 1.32 bits per heavy atom. The van der Waals surface area contributed by atoms with Gasteiger partial charge in [0.05, 0.1) is 0 Å². The van der Waals surface area contributed by atoms with Crippen LogP contribution in [0.15, 0.2) is 0 Å². The van der Waals surface area contributed by atoms with E-state index in [0.29, 0.717) is 12.8 Å². The van der Waals surface area contributed by atoms with Crippen LogP contribution in [0.1, 0.15) is 45.4 Å². The molecule has 2 unspecified atom stereocenters. The minimum absolute atomic E-state index is 0.0740. The fourth-order valence-corrected chi connectivity index (χ4v) is 3.72. The van der Waals surface area contributed by atoms with Gasteiger partial charge < -0.3 is 16.0 Å². The van der Waals surface area contributed by atoms with Gasteiger partial charge in [0.1, 0.15) is 11.6 Å². The molecule has 3 N–H and O–H groups in total. The minimum atomic E-state index is -0.769. The first-order valence-corrected chi connectivity index (χ1v) is 8.20. The normalized spacial score (nSPS) is 28.8. The van der Waals surface area contributed by atoms with Crippen molar-refractivity contribution in [3.8, 4) is 0 Å². The van der Waals surface area contributed by atoms with Gasteiger partial charge in [0, 0.05) is 12.6 Å². The maximum atomic E-state index is 12.6. The van der Waals surface area contributed by atoms with Crippen LogP contribution in [0.4, 0.5) is 4.79 Å². The van der Waals surface area contributed by atoms with Crippen molar-refractivity contribution >= 4 is 17.8 Å². The molecule has 2 heterocycles. The average Bonchev–Trinajstić information content (AvgIpc) is 3.06. The van der Waals surface area contributed by atoms with Crippen molar-refractivity contribution < 1.29 is 14.4 Å². The summed E-state index contributed by atoms with van der Waals surface area (Å²) < 4.78 is 0. The number of piperidine rings is 1. The Bertz CT molecular complexity index is 481. The number of carbonyl (C=O) groups excluding carboxylic acids is 3. The van der Waals surface area contributed by atoms with Gasteiger partial charge in [-0.3, -0.25) is 9.59 Å². The molecule has 122 valence electrons. The standard InChI is InChI=1S/C15H24N4O3/c1-10(12(20)17-11-5-4-8-16-9-11)19-13(21)15(18-14(19)22)6-2-3-7-15/h10-11,16H,2-9H2,1H3,(H,17,20)(H,18,22). The molecule has 1 aliphatic carbocycles. The number of carbonyl (C=O) groups is 3. The summed E-state index contributed by atoms with van der Waals surface area (Å²) in [5.74, 6) is -0.494. The fourth-order valence-electron chi connectivity index (χ4n) is 3.72. The highest BCUT2D eigenvalue weighted by Gasteiger charge is 2.54. The van der Waals surface area contributed by atoms with Gasteiger partial charge in [-0.15, -0.1) is 0 Å². The molecule has 4 amide bonds. The Morgan fingerprint density at radius 2 is 2.05 bits per heavy atom. The van der Waals surface area contributed by atoms with Gasteiger partial charge in [-0.05, 0) is 39.2 Å². The van der Waals surface area contributed by atoms with E-state index in [2.05, 4.69) is 16.0 Å². The molecule has 0 radical (unpaired) electrons. The van der Waals surface area contributed by atoms with Crippen molar-refractivity contribution in [1.82, 2.24) is 20.9 Å². The van der Waals surface area contributed by atoms with Crippen LogP contribution in [0.2, 0.25) is 0 Å². The van der Waals surface area contributed by atoms with E-state index in [1.54, 1.807) is 6.92 Å². The molecule has 1 saturated carbocycles. The van der Waals surface area contributed by atoms with Crippen molar-refractivity contribution in [3.05, 3.63) is 0 Å². The van der Waals surface area contributed by atoms with Crippen LogP contribution in [0.3, 0.4) is 0 Å². The van der Waals surface area contributed by atoms with E-state index < -0.39 is 17.6 Å². The summed E-state index contributed by atoms with van der Waals surface area (Å²) in [6, 6.07) is -1.13. The second-order valence-electron chi connectivity index (χ2n) is 6.62. The van der Waals surface area contributed by atoms with Crippen molar-refractivity contribution in [2.45, 2.75) is 63.1 Å². The van der Waals surface area contributed by atoms with E-state index in [0.717, 1.165) is 43.7 Å². The molecule has 22 heavy (non-hydrogen) atoms. The quantitative estimate of drug-likeness (QED) is 0.645. The number of nitrogens with zero attached hydrogens (tertiary/aromatic N) is 1. The first-order valence-electron chi connectivity index (χ1n) is 8.20. The number of urea groups is 1. The Morgan fingerprint density at radius 3 is 2.68 bits per heavy atom. The summed E-state index contributed by atoms with van der Waals surface area (Å²) in [6.45, 7) is 3.33. The summed E-state index contributed by atoms with van der Waals surface area (Å²) >= 11 is 0. The third-order valence-corrected chi connectivity index (χ3v) is 5.06. The SMILES string of the molecule is CC(C(=O)NC1CCCNC1)N1C(=O)NC2(CCCC2)C1=O. The van der Waals surface area contributed by atoms with E-state index in [4.69, 9.17) is 0 Å². The highest BCUT2D eigenvalue weighted by Crippen LogP contribution is 2.35. The molecule has 1 spiro atoms. The molecule has 0 aromatic heterocycles. The zero-order chi connectivity index (χ0) is 15.7. The maximum absolute atomic E-state index is 12.6. The summed E-state index contributed by atoms with van der Waals surface area (Å²) in [5, 5.41) is 8.99. The molecule has 3 aliphatic rings. The molecular formula is C15H24N4O3. The second kappa shape index (κ2) is 5.87. The lowest BCUT2D eigenvalue weighted by molar-refractivity contribution is -0.138. The highest BCUT2D eigenvalue weighted by molar-refractivity contribution is 6.09. The molecule has 2 atom stereocenters. The number of hydrogen-bond acceptors (Lipinski definition) is 4. The first kappa shape index (κ1) is 15.3. The third kappa shape index (κ3) is 2.58. The zero-order valence-electron chi connectivity index (χ0n) is 13.0. The Labute approximate surface area is 130 Å². The van der Waals surface area contributed by atoms with Crippen LogP contribution in [0.25, 0.3) is 0 Å². The molecule has 7 nitrogen and oxygen atoms in total. The van der Waals surface area contributed by atoms with E-state index >= 15 is 0 Å². The van der Waals surface area contributed by atoms with Crippen molar-refractivity contribution in [1.29, 1.82) is 0 Å². The first-order chi connectivity index (χ1) is 10.5. The zero-order valence-corrected chi connectivity index (χ0v) is 13.0. The third-order valence-electron chi connectivity index (χ3n) is 5.06. The Kier molecular flexibility index (Phi) is 4.08. The van der Waals surface area contributed by atoms with E-state index in [1.807, 2.05) is 0 Å². The van der Waals surface area contributed by atoms with Crippen LogP contribution >= 0.6 is 0 Å². The molecule has 0 aromatic rings. The Hall–Kier alpha value is -1.63. The number of imide groups is 1. The van der Waals surface area contributed by atoms with Crippen LogP contribution in [0, 0.1) is 0 Å². The number of nitrogens with one attached hydrogen (secondary N) is 3. The lowest BCUT2D eigenvalue weighted by Crippen LogP contribution is -2.54. The summed E-state index contributed by atoms with van der Waals surface area (Å²) in [5.41, 5.74) is -0.752. The number of hydrogen-bond donors (Lipinski definition) is 3. The van der Waals surface area contributed by atoms with Crippen LogP contribution in [-0.2, 0) is 9.59 Å². The lowest BCUT2D eigenvalue weighted by atomic mass is 9.97. The van der Waals surface area contributed by atoms with Crippen molar-refractivity contribution in [2.75, 3.05) is 13.1 Å². The molecule has 0 bridgehead atoms. The van der Waals surface area contributed by atoms with Crippen LogP contribution in [-0.4, -0.2) is 53.5 Å². The molecular weight excluding hydrogens is 284 g/mol. The van der Waals surface area contributed by atoms with Crippen molar-refractivity contribution in [3.63, 3.8) is 0 Å². The fraction of sp³-hybridized carbons (Fsp3) is 0.800. The van der Waals surface area contributed by atoms with Crippen LogP contribution < -0.4 is 16.0 Å². The second-order valence-corrected chi connectivity index (χ2v) is 6.62. The van der Waals surface area contributed by atoms with Crippen LogP contribution in [0.5, 0.6) is 0 Å². The van der Waals surface area contributed by atoms with Crippen molar-refractivity contribution in [2.24, 2.45) is 0 Å². The largest absolute Gasteiger partial charge is 0.350 e. The molecule has 3 fully saturated rings. The molecule has 2 saturated heterocycles. The molecule has 2 aliphatic heterocycles. The van der Waals surface area contributed by atoms with Gasteiger partial charge in [-0.1, -0.05) is 12.8 Å². The highest BCUT2D eigenvalue weighted by atomic mass is 16.2. The Balaban J connectivity index is 1.65. The summed E-state index contributed by atoms with van der Waals surface area (Å²) in [7, 11) is 0. The maximum Gasteiger partial charge on any atom is 0.325 e. The van der Waals surface area contributed by atoms with Gasteiger partial charge in [0.25, 0.3) is 5.91 Å². The van der Waals surface area contributed by atoms with E-state index in [1.165, 1.54) is 0 Å².